The van der Waals surface area contributed by atoms with E-state index in [0.29, 0.717) is 18.8 Å². The predicted octanol–water partition coefficient (Wildman–Crippen LogP) is 1.30. The number of carbonyl (C=O) groups excluding carboxylic acids is 1. The lowest BCUT2D eigenvalue weighted by atomic mass is 10.1. The van der Waals surface area contributed by atoms with E-state index in [1.165, 1.54) is 12.3 Å². The average Bonchev–Trinajstić information content (AvgIpc) is 2.30. The van der Waals surface area contributed by atoms with E-state index in [1.807, 2.05) is 0 Å². The van der Waals surface area contributed by atoms with Crippen LogP contribution >= 0.6 is 0 Å². The standard InChI is InChI=1S/C11H12N2O3/c14-10-3-1-2-6-13(10)9-5-4-8(7-12-9)11(15)16/h4-5,7H,1-3,6H2,(H,15,16). The van der Waals surface area contributed by atoms with Crippen LogP contribution in [-0.4, -0.2) is 28.5 Å². The fourth-order valence-electron chi connectivity index (χ4n) is 1.72. The molecule has 84 valence electrons. The molecule has 0 spiro atoms. The van der Waals surface area contributed by atoms with Gasteiger partial charge in [0.15, 0.2) is 0 Å². The van der Waals surface area contributed by atoms with E-state index in [9.17, 15) is 9.59 Å². The second-order valence-corrected chi connectivity index (χ2v) is 3.71. The quantitative estimate of drug-likeness (QED) is 0.815. The summed E-state index contributed by atoms with van der Waals surface area (Å²) in [6.45, 7) is 0.665. The summed E-state index contributed by atoms with van der Waals surface area (Å²) in [6, 6.07) is 3.04. The van der Waals surface area contributed by atoms with Crippen LogP contribution in [0.1, 0.15) is 29.6 Å². The normalized spacial score (nSPS) is 16.2. The van der Waals surface area contributed by atoms with Crippen LogP contribution in [0.25, 0.3) is 0 Å². The lowest BCUT2D eigenvalue weighted by molar-refractivity contribution is -0.119. The van der Waals surface area contributed by atoms with Gasteiger partial charge in [-0.25, -0.2) is 9.78 Å². The largest absolute Gasteiger partial charge is 0.478 e. The highest BCUT2D eigenvalue weighted by molar-refractivity contribution is 5.93. The first kappa shape index (κ1) is 10.6. The number of rotatable bonds is 2. The van der Waals surface area contributed by atoms with Crippen molar-refractivity contribution in [3.63, 3.8) is 0 Å². The predicted molar refractivity (Wildman–Crippen MR) is 57.4 cm³/mol. The van der Waals surface area contributed by atoms with Crippen molar-refractivity contribution in [2.45, 2.75) is 19.3 Å². The molecule has 0 bridgehead atoms. The molecule has 5 heteroatoms. The second-order valence-electron chi connectivity index (χ2n) is 3.71. The highest BCUT2D eigenvalue weighted by Gasteiger charge is 2.20. The Labute approximate surface area is 92.7 Å². The molecule has 1 aromatic heterocycles. The molecule has 16 heavy (non-hydrogen) atoms. The van der Waals surface area contributed by atoms with Gasteiger partial charge in [-0.3, -0.25) is 9.69 Å². The Hall–Kier alpha value is -1.91. The number of amides is 1. The maximum absolute atomic E-state index is 11.6. The fraction of sp³-hybridized carbons (Fsp3) is 0.364. The van der Waals surface area contributed by atoms with Crippen molar-refractivity contribution < 1.29 is 14.7 Å². The molecule has 5 nitrogen and oxygen atoms in total. The van der Waals surface area contributed by atoms with Crippen LogP contribution in [0, 0.1) is 0 Å². The molecule has 1 aliphatic heterocycles. The number of aromatic carboxylic acids is 1. The van der Waals surface area contributed by atoms with Gasteiger partial charge in [-0.15, -0.1) is 0 Å². The Bertz CT molecular complexity index is 414. The van der Waals surface area contributed by atoms with Gasteiger partial charge in [0.05, 0.1) is 5.56 Å². The molecular formula is C11H12N2O3. The molecule has 2 rings (SSSR count). The Morgan fingerprint density at radius 3 is 2.75 bits per heavy atom. The molecule has 1 amide bonds. The lowest BCUT2D eigenvalue weighted by Gasteiger charge is -2.25. The first-order valence-corrected chi connectivity index (χ1v) is 5.18. The van der Waals surface area contributed by atoms with E-state index in [2.05, 4.69) is 4.98 Å². The Morgan fingerprint density at radius 1 is 1.38 bits per heavy atom. The zero-order valence-corrected chi connectivity index (χ0v) is 8.72. The fourth-order valence-corrected chi connectivity index (χ4v) is 1.72. The molecular weight excluding hydrogens is 208 g/mol. The number of carbonyl (C=O) groups is 2. The molecule has 0 aliphatic carbocycles. The third-order valence-electron chi connectivity index (χ3n) is 2.59. The second kappa shape index (κ2) is 4.30. The van der Waals surface area contributed by atoms with Crippen LogP contribution in [0.15, 0.2) is 18.3 Å². The van der Waals surface area contributed by atoms with Crippen molar-refractivity contribution >= 4 is 17.7 Å². The summed E-state index contributed by atoms with van der Waals surface area (Å²) in [7, 11) is 0. The number of hydrogen-bond acceptors (Lipinski definition) is 3. The summed E-state index contributed by atoms with van der Waals surface area (Å²) >= 11 is 0. The van der Waals surface area contributed by atoms with Crippen molar-refractivity contribution in [2.75, 3.05) is 11.4 Å². The van der Waals surface area contributed by atoms with Gasteiger partial charge in [0.25, 0.3) is 0 Å². The van der Waals surface area contributed by atoms with Crippen molar-refractivity contribution in [3.05, 3.63) is 23.9 Å². The first-order chi connectivity index (χ1) is 7.68. The molecule has 0 unspecified atom stereocenters. The van der Waals surface area contributed by atoms with E-state index in [4.69, 9.17) is 5.11 Å². The number of pyridine rings is 1. The first-order valence-electron chi connectivity index (χ1n) is 5.18. The van der Waals surface area contributed by atoms with Gasteiger partial charge in [-0.2, -0.15) is 0 Å². The SMILES string of the molecule is O=C(O)c1ccc(N2CCCCC2=O)nc1. The van der Waals surface area contributed by atoms with Gasteiger partial charge in [-0.1, -0.05) is 0 Å². The van der Waals surface area contributed by atoms with Crippen LogP contribution < -0.4 is 4.90 Å². The Kier molecular flexibility index (Phi) is 2.85. The number of carboxylic acid groups (broad SMARTS) is 1. The number of nitrogens with zero attached hydrogens (tertiary/aromatic N) is 2. The van der Waals surface area contributed by atoms with Crippen LogP contribution in [0.5, 0.6) is 0 Å². The van der Waals surface area contributed by atoms with Crippen molar-refractivity contribution in [1.29, 1.82) is 0 Å². The lowest BCUT2D eigenvalue weighted by Crippen LogP contribution is -2.35. The molecule has 1 saturated heterocycles. The van der Waals surface area contributed by atoms with E-state index < -0.39 is 5.97 Å². The number of carboxylic acids is 1. The topological polar surface area (TPSA) is 70.5 Å². The van der Waals surface area contributed by atoms with E-state index >= 15 is 0 Å². The van der Waals surface area contributed by atoms with Crippen molar-refractivity contribution in [3.8, 4) is 0 Å². The minimum Gasteiger partial charge on any atom is -0.478 e. The van der Waals surface area contributed by atoms with Crippen molar-refractivity contribution in [1.82, 2.24) is 4.98 Å². The minimum atomic E-state index is -1.01. The minimum absolute atomic E-state index is 0.0572. The summed E-state index contributed by atoms with van der Waals surface area (Å²) in [4.78, 5) is 27.8. The Balaban J connectivity index is 2.20. The molecule has 1 fully saturated rings. The zero-order chi connectivity index (χ0) is 11.5. The highest BCUT2D eigenvalue weighted by Crippen LogP contribution is 2.18. The summed E-state index contributed by atoms with van der Waals surface area (Å²) in [6.07, 6.45) is 3.71. The van der Waals surface area contributed by atoms with Crippen LogP contribution in [-0.2, 0) is 4.79 Å². The van der Waals surface area contributed by atoms with Gasteiger partial charge in [-0.05, 0) is 25.0 Å². The molecule has 0 radical (unpaired) electrons. The van der Waals surface area contributed by atoms with E-state index in [1.54, 1.807) is 11.0 Å². The van der Waals surface area contributed by atoms with Gasteiger partial charge < -0.3 is 5.11 Å². The Morgan fingerprint density at radius 2 is 2.19 bits per heavy atom. The number of anilines is 1. The van der Waals surface area contributed by atoms with E-state index in [-0.39, 0.29) is 11.5 Å². The molecule has 1 aromatic rings. The van der Waals surface area contributed by atoms with Crippen LogP contribution in [0.2, 0.25) is 0 Å². The number of piperidine rings is 1. The summed E-state index contributed by atoms with van der Waals surface area (Å²) < 4.78 is 0. The smallest absolute Gasteiger partial charge is 0.337 e. The molecule has 0 atom stereocenters. The molecule has 1 aliphatic rings. The zero-order valence-electron chi connectivity index (χ0n) is 8.72. The van der Waals surface area contributed by atoms with Crippen LogP contribution in [0.3, 0.4) is 0 Å². The third-order valence-corrected chi connectivity index (χ3v) is 2.59. The summed E-state index contributed by atoms with van der Waals surface area (Å²) in [5.41, 5.74) is 0.133. The maximum Gasteiger partial charge on any atom is 0.337 e. The van der Waals surface area contributed by atoms with Crippen molar-refractivity contribution in [2.24, 2.45) is 0 Å². The number of hydrogen-bond donors (Lipinski definition) is 1. The molecule has 1 N–H and O–H groups in total. The van der Waals surface area contributed by atoms with Crippen LogP contribution in [0.4, 0.5) is 5.82 Å². The number of aromatic nitrogens is 1. The van der Waals surface area contributed by atoms with Gasteiger partial charge >= 0.3 is 5.97 Å². The van der Waals surface area contributed by atoms with E-state index in [0.717, 1.165) is 12.8 Å². The van der Waals surface area contributed by atoms with Gasteiger partial charge in [0.1, 0.15) is 5.82 Å². The third kappa shape index (κ3) is 2.03. The highest BCUT2D eigenvalue weighted by atomic mass is 16.4. The molecule has 2 heterocycles. The monoisotopic (exact) mass is 220 g/mol. The summed E-state index contributed by atoms with van der Waals surface area (Å²) in [5, 5.41) is 8.72. The van der Waals surface area contributed by atoms with Gasteiger partial charge in [0.2, 0.25) is 5.91 Å². The molecule has 0 saturated carbocycles. The summed E-state index contributed by atoms with van der Waals surface area (Å²) in [5.74, 6) is -0.416. The average molecular weight is 220 g/mol. The van der Waals surface area contributed by atoms with Gasteiger partial charge in [0, 0.05) is 19.2 Å². The maximum atomic E-state index is 11.6. The molecule has 0 aromatic carbocycles.